The topological polar surface area (TPSA) is 34.1 Å². The Kier molecular flexibility index (Phi) is 3.51. The number of halogens is 1. The highest BCUT2D eigenvalue weighted by Gasteiger charge is 2.34. The van der Waals surface area contributed by atoms with Crippen molar-refractivity contribution in [1.29, 1.82) is 0 Å². The molecule has 0 spiro atoms. The second-order valence-corrected chi connectivity index (χ2v) is 8.28. The SMILES string of the molecule is Cc1ccc(C(Cl)C2CCS(=O)(=O)C2)c2ccccc12. The van der Waals surface area contributed by atoms with Crippen LogP contribution in [-0.2, 0) is 9.84 Å². The predicted octanol–water partition coefficient (Wildman–Crippen LogP) is 3.86. The molecule has 0 aromatic heterocycles. The van der Waals surface area contributed by atoms with Crippen LogP contribution in [0.1, 0.15) is 22.9 Å². The molecule has 2 nitrogen and oxygen atoms in total. The first-order valence-electron chi connectivity index (χ1n) is 6.81. The van der Waals surface area contributed by atoms with Crippen molar-refractivity contribution < 1.29 is 8.42 Å². The van der Waals surface area contributed by atoms with Crippen LogP contribution in [0.15, 0.2) is 36.4 Å². The Morgan fingerprint density at radius 1 is 1.15 bits per heavy atom. The molecule has 0 radical (unpaired) electrons. The van der Waals surface area contributed by atoms with E-state index in [0.717, 1.165) is 10.9 Å². The summed E-state index contributed by atoms with van der Waals surface area (Å²) < 4.78 is 23.3. The maximum atomic E-state index is 11.6. The number of hydrogen-bond donors (Lipinski definition) is 0. The van der Waals surface area contributed by atoms with Gasteiger partial charge in [-0.25, -0.2) is 8.42 Å². The fourth-order valence-electron chi connectivity index (χ4n) is 3.02. The van der Waals surface area contributed by atoms with Crippen molar-refractivity contribution in [2.45, 2.75) is 18.7 Å². The lowest BCUT2D eigenvalue weighted by molar-refractivity contribution is 0.570. The van der Waals surface area contributed by atoms with Gasteiger partial charge in [0.25, 0.3) is 0 Å². The molecule has 0 bridgehead atoms. The first kappa shape index (κ1) is 13.9. The standard InChI is InChI=1S/C16H17ClO2S/c1-11-6-7-15(14-5-3-2-4-13(11)14)16(17)12-8-9-20(18,19)10-12/h2-7,12,16H,8-10H2,1H3. The van der Waals surface area contributed by atoms with Gasteiger partial charge in [-0.3, -0.25) is 0 Å². The van der Waals surface area contributed by atoms with E-state index < -0.39 is 9.84 Å². The fraction of sp³-hybridized carbons (Fsp3) is 0.375. The summed E-state index contributed by atoms with van der Waals surface area (Å²) in [5.74, 6) is 0.501. The first-order valence-corrected chi connectivity index (χ1v) is 9.06. The molecule has 0 saturated carbocycles. The van der Waals surface area contributed by atoms with Crippen LogP contribution in [0, 0.1) is 12.8 Å². The van der Waals surface area contributed by atoms with Crippen molar-refractivity contribution in [1.82, 2.24) is 0 Å². The molecule has 106 valence electrons. The van der Waals surface area contributed by atoms with Crippen LogP contribution in [0.2, 0.25) is 0 Å². The molecule has 2 unspecified atom stereocenters. The van der Waals surface area contributed by atoms with E-state index in [2.05, 4.69) is 25.1 Å². The molecule has 4 heteroatoms. The Bertz CT molecular complexity index is 752. The Hall–Kier alpha value is -1.06. The second-order valence-electron chi connectivity index (χ2n) is 5.58. The molecule has 20 heavy (non-hydrogen) atoms. The average molecular weight is 309 g/mol. The fourth-order valence-corrected chi connectivity index (χ4v) is 5.37. The van der Waals surface area contributed by atoms with Gasteiger partial charge in [0, 0.05) is 0 Å². The van der Waals surface area contributed by atoms with Gasteiger partial charge in [0.05, 0.1) is 16.9 Å². The third-order valence-corrected chi connectivity index (χ3v) is 6.54. The maximum absolute atomic E-state index is 11.6. The molecule has 2 aromatic rings. The predicted molar refractivity (Wildman–Crippen MR) is 84.0 cm³/mol. The van der Waals surface area contributed by atoms with Gasteiger partial charge in [0.15, 0.2) is 9.84 Å². The average Bonchev–Trinajstić information content (AvgIpc) is 2.79. The van der Waals surface area contributed by atoms with E-state index in [4.69, 9.17) is 11.6 Å². The van der Waals surface area contributed by atoms with Crippen LogP contribution in [-0.4, -0.2) is 19.9 Å². The summed E-state index contributed by atoms with van der Waals surface area (Å²) in [7, 11) is -2.89. The number of sulfone groups is 1. The molecule has 1 aliphatic rings. The van der Waals surface area contributed by atoms with Crippen molar-refractivity contribution in [3.05, 3.63) is 47.5 Å². The zero-order valence-corrected chi connectivity index (χ0v) is 12.9. The minimum absolute atomic E-state index is 0.0211. The van der Waals surface area contributed by atoms with E-state index >= 15 is 0 Å². The molecule has 0 aliphatic carbocycles. The highest BCUT2D eigenvalue weighted by molar-refractivity contribution is 7.91. The normalized spacial score (nSPS) is 23.0. The number of hydrogen-bond acceptors (Lipinski definition) is 2. The Morgan fingerprint density at radius 2 is 1.85 bits per heavy atom. The summed E-state index contributed by atoms with van der Waals surface area (Å²) in [6.45, 7) is 2.08. The summed E-state index contributed by atoms with van der Waals surface area (Å²) in [6, 6.07) is 12.3. The van der Waals surface area contributed by atoms with Gasteiger partial charge in [-0.05, 0) is 41.2 Å². The van der Waals surface area contributed by atoms with E-state index in [1.807, 2.05) is 18.2 Å². The Morgan fingerprint density at radius 3 is 2.50 bits per heavy atom. The maximum Gasteiger partial charge on any atom is 0.150 e. The van der Waals surface area contributed by atoms with E-state index in [9.17, 15) is 8.42 Å². The van der Waals surface area contributed by atoms with Crippen molar-refractivity contribution >= 4 is 32.2 Å². The van der Waals surface area contributed by atoms with Crippen molar-refractivity contribution in [2.75, 3.05) is 11.5 Å². The largest absolute Gasteiger partial charge is 0.229 e. The molecule has 0 amide bonds. The van der Waals surface area contributed by atoms with Crippen molar-refractivity contribution in [3.63, 3.8) is 0 Å². The van der Waals surface area contributed by atoms with Gasteiger partial charge < -0.3 is 0 Å². The lowest BCUT2D eigenvalue weighted by Crippen LogP contribution is -2.10. The van der Waals surface area contributed by atoms with Gasteiger partial charge in [-0.15, -0.1) is 11.6 Å². The van der Waals surface area contributed by atoms with E-state index in [0.29, 0.717) is 6.42 Å². The van der Waals surface area contributed by atoms with Gasteiger partial charge in [-0.2, -0.15) is 0 Å². The summed E-state index contributed by atoms with van der Waals surface area (Å²) >= 11 is 6.61. The van der Waals surface area contributed by atoms with Crippen LogP contribution in [0.3, 0.4) is 0 Å². The van der Waals surface area contributed by atoms with Crippen LogP contribution >= 0.6 is 11.6 Å². The van der Waals surface area contributed by atoms with Gasteiger partial charge in [0.2, 0.25) is 0 Å². The Balaban J connectivity index is 2.04. The summed E-state index contributed by atoms with van der Waals surface area (Å²) in [6.07, 6.45) is 0.665. The van der Waals surface area contributed by atoms with E-state index in [1.54, 1.807) is 0 Å². The van der Waals surface area contributed by atoms with Crippen LogP contribution in [0.5, 0.6) is 0 Å². The molecule has 1 fully saturated rings. The highest BCUT2D eigenvalue weighted by Crippen LogP contribution is 2.39. The van der Waals surface area contributed by atoms with Gasteiger partial charge in [0.1, 0.15) is 0 Å². The van der Waals surface area contributed by atoms with Gasteiger partial charge >= 0.3 is 0 Å². The molecule has 1 heterocycles. The minimum atomic E-state index is -2.89. The zero-order chi connectivity index (χ0) is 14.3. The summed E-state index contributed by atoms with van der Waals surface area (Å²) in [5, 5.41) is 2.09. The molecule has 1 saturated heterocycles. The molecular weight excluding hydrogens is 292 g/mol. The Labute approximate surface area is 124 Å². The van der Waals surface area contributed by atoms with E-state index in [1.165, 1.54) is 10.9 Å². The third-order valence-electron chi connectivity index (χ3n) is 4.15. The van der Waals surface area contributed by atoms with E-state index in [-0.39, 0.29) is 22.8 Å². The third kappa shape index (κ3) is 2.45. The van der Waals surface area contributed by atoms with Crippen LogP contribution in [0.25, 0.3) is 10.8 Å². The number of fused-ring (bicyclic) bond motifs is 1. The lowest BCUT2D eigenvalue weighted by Gasteiger charge is -2.19. The zero-order valence-electron chi connectivity index (χ0n) is 11.3. The molecule has 0 N–H and O–H groups in total. The number of rotatable bonds is 2. The number of alkyl halides is 1. The lowest BCUT2D eigenvalue weighted by atomic mass is 9.92. The molecule has 1 aliphatic heterocycles. The first-order chi connectivity index (χ1) is 9.48. The quantitative estimate of drug-likeness (QED) is 0.789. The molecule has 3 rings (SSSR count). The monoisotopic (exact) mass is 308 g/mol. The highest BCUT2D eigenvalue weighted by atomic mass is 35.5. The van der Waals surface area contributed by atoms with Crippen LogP contribution in [0.4, 0.5) is 0 Å². The summed E-state index contributed by atoms with van der Waals surface area (Å²) in [4.78, 5) is 0. The second kappa shape index (κ2) is 5.05. The molecule has 2 atom stereocenters. The van der Waals surface area contributed by atoms with Crippen molar-refractivity contribution in [3.8, 4) is 0 Å². The number of benzene rings is 2. The minimum Gasteiger partial charge on any atom is -0.229 e. The molecular formula is C16H17ClO2S. The number of aryl methyl sites for hydroxylation is 1. The van der Waals surface area contributed by atoms with Crippen LogP contribution < -0.4 is 0 Å². The summed E-state index contributed by atoms with van der Waals surface area (Å²) in [5.41, 5.74) is 2.27. The molecule has 2 aromatic carbocycles. The van der Waals surface area contributed by atoms with Gasteiger partial charge in [-0.1, -0.05) is 36.4 Å². The smallest absolute Gasteiger partial charge is 0.150 e. The van der Waals surface area contributed by atoms with Crippen molar-refractivity contribution in [2.24, 2.45) is 5.92 Å².